The predicted octanol–water partition coefficient (Wildman–Crippen LogP) is 2.97. The van der Waals surface area contributed by atoms with Crippen LogP contribution in [0, 0.1) is 11.3 Å². The molecule has 1 heterocycles. The number of fused-ring (bicyclic) bond motifs is 1. The Balaban J connectivity index is 1.82. The molecule has 0 saturated carbocycles. The third-order valence-corrected chi connectivity index (χ3v) is 3.70. The number of nitrogens with zero attached hydrogens (tertiary/aromatic N) is 1. The SMILES string of the molecule is N#C/C(=C\c1c[nH]c2ccc(N)cc12)C(=O)NCc1ccccc1. The summed E-state index contributed by atoms with van der Waals surface area (Å²) in [4.78, 5) is 15.3. The molecule has 0 aliphatic rings. The van der Waals surface area contributed by atoms with Crippen molar-refractivity contribution in [3.63, 3.8) is 0 Å². The van der Waals surface area contributed by atoms with Gasteiger partial charge in [0.1, 0.15) is 11.6 Å². The molecule has 0 saturated heterocycles. The van der Waals surface area contributed by atoms with E-state index in [2.05, 4.69) is 10.3 Å². The molecule has 5 heteroatoms. The number of H-pyrrole nitrogens is 1. The third-order valence-electron chi connectivity index (χ3n) is 3.70. The summed E-state index contributed by atoms with van der Waals surface area (Å²) >= 11 is 0. The number of nitrogens with one attached hydrogen (secondary N) is 2. The Labute approximate surface area is 139 Å². The number of benzene rings is 2. The quantitative estimate of drug-likeness (QED) is 0.392. The molecule has 0 unspecified atom stereocenters. The number of nitriles is 1. The standard InChI is InChI=1S/C19H16N4O/c20-10-14(19(24)23-11-13-4-2-1-3-5-13)8-15-12-22-18-7-6-16(21)9-17(15)18/h1-9,12,22H,11,21H2,(H,23,24)/b14-8+. The lowest BCUT2D eigenvalue weighted by molar-refractivity contribution is -0.117. The largest absolute Gasteiger partial charge is 0.399 e. The maximum atomic E-state index is 12.2. The molecular weight excluding hydrogens is 300 g/mol. The molecule has 3 rings (SSSR count). The lowest BCUT2D eigenvalue weighted by Crippen LogP contribution is -2.23. The van der Waals surface area contributed by atoms with Gasteiger partial charge in [0, 0.05) is 34.9 Å². The zero-order valence-corrected chi connectivity index (χ0v) is 12.9. The van der Waals surface area contributed by atoms with E-state index in [-0.39, 0.29) is 5.57 Å². The fraction of sp³-hybridized carbons (Fsp3) is 0.0526. The average molecular weight is 316 g/mol. The maximum absolute atomic E-state index is 12.2. The molecule has 0 radical (unpaired) electrons. The highest BCUT2D eigenvalue weighted by molar-refractivity contribution is 6.04. The van der Waals surface area contributed by atoms with E-state index in [1.807, 2.05) is 48.5 Å². The van der Waals surface area contributed by atoms with E-state index >= 15 is 0 Å². The summed E-state index contributed by atoms with van der Waals surface area (Å²) in [5.41, 5.74) is 9.12. The van der Waals surface area contributed by atoms with E-state index < -0.39 is 5.91 Å². The van der Waals surface area contributed by atoms with E-state index in [0.29, 0.717) is 12.2 Å². The molecule has 5 nitrogen and oxygen atoms in total. The van der Waals surface area contributed by atoms with Crippen molar-refractivity contribution < 1.29 is 4.79 Å². The van der Waals surface area contributed by atoms with Gasteiger partial charge in [-0.2, -0.15) is 5.26 Å². The smallest absolute Gasteiger partial charge is 0.262 e. The van der Waals surface area contributed by atoms with Crippen molar-refractivity contribution in [3.05, 3.63) is 71.4 Å². The molecule has 0 fully saturated rings. The highest BCUT2D eigenvalue weighted by Gasteiger charge is 2.10. The number of amides is 1. The molecular formula is C19H16N4O. The topological polar surface area (TPSA) is 94.7 Å². The highest BCUT2D eigenvalue weighted by atomic mass is 16.1. The summed E-state index contributed by atoms with van der Waals surface area (Å²) in [6, 6.07) is 17.0. The molecule has 0 bridgehead atoms. The summed E-state index contributed by atoms with van der Waals surface area (Å²) < 4.78 is 0. The van der Waals surface area contributed by atoms with Crippen molar-refractivity contribution in [2.24, 2.45) is 0 Å². The molecule has 0 spiro atoms. The third kappa shape index (κ3) is 3.28. The molecule has 3 aromatic rings. The number of carbonyl (C=O) groups is 1. The van der Waals surface area contributed by atoms with Crippen LogP contribution in [0.25, 0.3) is 17.0 Å². The van der Waals surface area contributed by atoms with Crippen molar-refractivity contribution in [2.75, 3.05) is 5.73 Å². The van der Waals surface area contributed by atoms with Crippen LogP contribution in [0.5, 0.6) is 0 Å². The minimum absolute atomic E-state index is 0.0502. The van der Waals surface area contributed by atoms with Crippen molar-refractivity contribution >= 4 is 28.6 Å². The Kier molecular flexibility index (Phi) is 4.30. The van der Waals surface area contributed by atoms with Crippen LogP contribution in [0.15, 0.2) is 60.3 Å². The normalized spacial score (nSPS) is 11.2. The summed E-state index contributed by atoms with van der Waals surface area (Å²) in [6.45, 7) is 0.375. The van der Waals surface area contributed by atoms with E-state index in [1.165, 1.54) is 0 Å². The molecule has 4 N–H and O–H groups in total. The molecule has 0 aliphatic heterocycles. The molecule has 24 heavy (non-hydrogen) atoms. The van der Waals surface area contributed by atoms with Gasteiger partial charge in [0.2, 0.25) is 0 Å². The van der Waals surface area contributed by atoms with E-state index in [9.17, 15) is 10.1 Å². The Morgan fingerprint density at radius 2 is 2.04 bits per heavy atom. The van der Waals surface area contributed by atoms with Gasteiger partial charge < -0.3 is 16.0 Å². The molecule has 118 valence electrons. The highest BCUT2D eigenvalue weighted by Crippen LogP contribution is 2.23. The van der Waals surface area contributed by atoms with Crippen LogP contribution in [0.4, 0.5) is 5.69 Å². The number of aromatic amines is 1. The average Bonchev–Trinajstić information content (AvgIpc) is 3.00. The van der Waals surface area contributed by atoms with Crippen molar-refractivity contribution in [2.45, 2.75) is 6.54 Å². The number of hydrogen-bond donors (Lipinski definition) is 3. The summed E-state index contributed by atoms with van der Waals surface area (Å²) in [7, 11) is 0. The number of nitrogens with two attached hydrogens (primary N) is 1. The van der Waals surface area contributed by atoms with Gasteiger partial charge in [-0.05, 0) is 29.8 Å². The fourth-order valence-corrected chi connectivity index (χ4v) is 2.46. The van der Waals surface area contributed by atoms with E-state index in [1.54, 1.807) is 18.3 Å². The molecule has 2 aromatic carbocycles. The Morgan fingerprint density at radius 1 is 1.25 bits per heavy atom. The van der Waals surface area contributed by atoms with Crippen LogP contribution in [0.2, 0.25) is 0 Å². The van der Waals surface area contributed by atoms with Gasteiger partial charge in [-0.25, -0.2) is 0 Å². The van der Waals surface area contributed by atoms with Crippen LogP contribution in [0.3, 0.4) is 0 Å². The predicted molar refractivity (Wildman–Crippen MR) is 94.6 cm³/mol. The fourth-order valence-electron chi connectivity index (χ4n) is 2.46. The summed E-state index contributed by atoms with van der Waals surface area (Å²) in [5, 5.41) is 12.9. The first-order chi connectivity index (χ1) is 11.7. The first-order valence-corrected chi connectivity index (χ1v) is 7.48. The first-order valence-electron chi connectivity index (χ1n) is 7.48. The number of anilines is 1. The second-order valence-corrected chi connectivity index (χ2v) is 5.39. The second kappa shape index (κ2) is 6.71. The van der Waals surface area contributed by atoms with Crippen LogP contribution < -0.4 is 11.1 Å². The monoisotopic (exact) mass is 316 g/mol. The number of rotatable bonds is 4. The van der Waals surface area contributed by atoms with Crippen molar-refractivity contribution in [1.29, 1.82) is 5.26 Å². The minimum atomic E-state index is -0.403. The molecule has 0 atom stereocenters. The number of carbonyl (C=O) groups excluding carboxylic acids is 1. The van der Waals surface area contributed by atoms with Gasteiger partial charge in [0.25, 0.3) is 5.91 Å². The van der Waals surface area contributed by atoms with Gasteiger partial charge >= 0.3 is 0 Å². The van der Waals surface area contributed by atoms with Crippen molar-refractivity contribution in [3.8, 4) is 6.07 Å². The van der Waals surface area contributed by atoms with Gasteiger partial charge in [-0.3, -0.25) is 4.79 Å². The van der Waals surface area contributed by atoms with Gasteiger partial charge in [-0.15, -0.1) is 0 Å². The second-order valence-electron chi connectivity index (χ2n) is 5.39. The van der Waals surface area contributed by atoms with Crippen LogP contribution in [-0.2, 0) is 11.3 Å². The lowest BCUT2D eigenvalue weighted by atomic mass is 10.1. The van der Waals surface area contributed by atoms with E-state index in [4.69, 9.17) is 5.73 Å². The summed E-state index contributed by atoms with van der Waals surface area (Å²) in [5.74, 6) is -0.403. The molecule has 1 amide bonds. The zero-order valence-electron chi connectivity index (χ0n) is 12.9. The number of hydrogen-bond acceptors (Lipinski definition) is 3. The van der Waals surface area contributed by atoms with Gasteiger partial charge in [-0.1, -0.05) is 30.3 Å². The van der Waals surface area contributed by atoms with Crippen LogP contribution >= 0.6 is 0 Å². The summed E-state index contributed by atoms with van der Waals surface area (Å²) in [6.07, 6.45) is 3.32. The zero-order chi connectivity index (χ0) is 16.9. The van der Waals surface area contributed by atoms with Gasteiger partial charge in [0.05, 0.1) is 0 Å². The Bertz CT molecular complexity index is 948. The van der Waals surface area contributed by atoms with Gasteiger partial charge in [0.15, 0.2) is 0 Å². The Hall–Kier alpha value is -3.52. The number of aromatic nitrogens is 1. The minimum Gasteiger partial charge on any atom is -0.399 e. The molecule has 0 aliphatic carbocycles. The first kappa shape index (κ1) is 15.4. The van der Waals surface area contributed by atoms with E-state index in [0.717, 1.165) is 22.0 Å². The molecule has 1 aromatic heterocycles. The Morgan fingerprint density at radius 3 is 2.79 bits per heavy atom. The maximum Gasteiger partial charge on any atom is 0.262 e. The van der Waals surface area contributed by atoms with Crippen molar-refractivity contribution in [1.82, 2.24) is 10.3 Å². The van der Waals surface area contributed by atoms with Crippen LogP contribution in [0.1, 0.15) is 11.1 Å². The lowest BCUT2D eigenvalue weighted by Gasteiger charge is -2.04. The number of nitrogen functional groups attached to an aromatic ring is 1. The van der Waals surface area contributed by atoms with Crippen LogP contribution in [-0.4, -0.2) is 10.9 Å².